The number of urea groups is 1. The van der Waals surface area contributed by atoms with Crippen LogP contribution in [0.5, 0.6) is 11.5 Å². The fourth-order valence-corrected chi connectivity index (χ4v) is 10.7. The second-order valence-electron chi connectivity index (χ2n) is 18.1. The minimum absolute atomic E-state index is 0.0785. The van der Waals surface area contributed by atoms with Crippen molar-refractivity contribution in [3.05, 3.63) is 89.5 Å². The van der Waals surface area contributed by atoms with Crippen molar-refractivity contribution in [3.63, 3.8) is 0 Å². The van der Waals surface area contributed by atoms with Gasteiger partial charge in [0.15, 0.2) is 0 Å². The third-order valence-corrected chi connectivity index (χ3v) is 14.2. The van der Waals surface area contributed by atoms with Crippen molar-refractivity contribution < 1.29 is 33.5 Å². The van der Waals surface area contributed by atoms with Crippen LogP contribution < -0.4 is 26.0 Å². The van der Waals surface area contributed by atoms with E-state index in [9.17, 15) is 28.8 Å². The maximum absolute atomic E-state index is 13.8. The molecule has 0 bridgehead atoms. The number of likely N-dealkylation sites (tertiary alicyclic amines) is 2. The standard InChI is InChI=1S/C48H54N10O7/c49-43(60)41-42(32-6-9-35(10-7-32)65-34-4-2-1-3-5-34)52-58-38(14-19-50-44(41)58)31-17-22-56(23-18-31)48(64)55-20-15-30(16-21-55)29-53-24-26-54(27-25-53)33-8-11-36-37(28-33)47(63)57(46(36)62)39-12-13-40(59)51-45(39)61/h1-11,28,30-31,38-39,50H,12-27,29H2,(H2,49,60)(H,51,59,61)/t38-,39?/m0/s1. The first-order valence-corrected chi connectivity index (χ1v) is 23.0. The molecule has 3 aromatic carbocycles. The topological polar surface area (TPSA) is 196 Å². The van der Waals surface area contributed by atoms with Crippen molar-refractivity contribution in [1.82, 2.24) is 34.7 Å². The number of carbonyl (C=O) groups excluding carboxylic acids is 6. The number of benzene rings is 3. The van der Waals surface area contributed by atoms with E-state index in [2.05, 4.69) is 20.4 Å². The van der Waals surface area contributed by atoms with E-state index in [0.717, 1.165) is 99.8 Å². The molecule has 7 heterocycles. The van der Waals surface area contributed by atoms with Gasteiger partial charge in [-0.2, -0.15) is 5.10 Å². The molecule has 7 amide bonds. The Kier molecular flexibility index (Phi) is 11.5. The predicted octanol–water partition coefficient (Wildman–Crippen LogP) is 4.57. The van der Waals surface area contributed by atoms with E-state index in [1.54, 1.807) is 12.1 Å². The SMILES string of the molecule is NC(=O)c1c(-c2ccc(Oc3ccccc3)cc2)nn2c1NCC[C@H]2C1CCN(C(=O)N2CCC(CN3CCN(c4ccc5c(c4)C(=O)N(C4CCC(=O)NC4=O)C5=O)CC3)CC2)CC1. The van der Waals surface area contributed by atoms with Crippen molar-refractivity contribution in [2.75, 3.05) is 75.7 Å². The fourth-order valence-electron chi connectivity index (χ4n) is 10.7. The van der Waals surface area contributed by atoms with Gasteiger partial charge in [0.2, 0.25) is 11.8 Å². The minimum atomic E-state index is -0.984. The Morgan fingerprint density at radius 2 is 1.42 bits per heavy atom. The molecule has 4 N–H and O–H groups in total. The van der Waals surface area contributed by atoms with Gasteiger partial charge in [0.05, 0.1) is 17.2 Å². The molecule has 6 aliphatic rings. The first-order chi connectivity index (χ1) is 31.6. The summed E-state index contributed by atoms with van der Waals surface area (Å²) in [6.07, 6.45) is 4.69. The van der Waals surface area contributed by atoms with E-state index in [1.807, 2.05) is 75.1 Å². The van der Waals surface area contributed by atoms with Crippen LogP contribution in [-0.4, -0.2) is 136 Å². The van der Waals surface area contributed by atoms with E-state index in [0.29, 0.717) is 59.9 Å². The van der Waals surface area contributed by atoms with Gasteiger partial charge >= 0.3 is 6.03 Å². The van der Waals surface area contributed by atoms with Crippen LogP contribution in [-0.2, 0) is 9.59 Å². The fraction of sp³-hybridized carbons (Fsp3) is 0.438. The molecule has 2 atom stereocenters. The number of amides is 7. The Morgan fingerprint density at radius 3 is 2.11 bits per heavy atom. The van der Waals surface area contributed by atoms with Crippen LogP contribution in [0, 0.1) is 11.8 Å². The maximum Gasteiger partial charge on any atom is 0.319 e. The van der Waals surface area contributed by atoms with Crippen LogP contribution in [0.1, 0.15) is 82.1 Å². The van der Waals surface area contributed by atoms with E-state index in [-0.39, 0.29) is 30.5 Å². The van der Waals surface area contributed by atoms with Crippen LogP contribution in [0.2, 0.25) is 0 Å². The van der Waals surface area contributed by atoms with Crippen molar-refractivity contribution in [1.29, 1.82) is 0 Å². The van der Waals surface area contributed by atoms with Crippen LogP contribution in [0.15, 0.2) is 72.8 Å². The number of para-hydroxylation sites is 1. The summed E-state index contributed by atoms with van der Waals surface area (Å²) in [6, 6.07) is 21.6. The average Bonchev–Trinajstić information content (AvgIpc) is 3.84. The summed E-state index contributed by atoms with van der Waals surface area (Å²) in [5.74, 6) is 0.338. The second kappa shape index (κ2) is 17.7. The Balaban J connectivity index is 0.690. The number of hydrogen-bond acceptors (Lipinski definition) is 11. The molecule has 0 aliphatic carbocycles. The quantitative estimate of drug-likeness (QED) is 0.200. The molecule has 10 rings (SSSR count). The summed E-state index contributed by atoms with van der Waals surface area (Å²) in [4.78, 5) is 87.1. The largest absolute Gasteiger partial charge is 0.457 e. The molecule has 6 aliphatic heterocycles. The highest BCUT2D eigenvalue weighted by Crippen LogP contribution is 2.41. The van der Waals surface area contributed by atoms with Gasteiger partial charge < -0.3 is 30.5 Å². The summed E-state index contributed by atoms with van der Waals surface area (Å²) in [5.41, 5.74) is 9.15. The number of carbonyl (C=O) groups is 6. The van der Waals surface area contributed by atoms with Gasteiger partial charge in [-0.1, -0.05) is 18.2 Å². The predicted molar refractivity (Wildman–Crippen MR) is 241 cm³/mol. The molecule has 0 spiro atoms. The highest BCUT2D eigenvalue weighted by molar-refractivity contribution is 6.23. The molecule has 4 fully saturated rings. The van der Waals surface area contributed by atoms with Crippen LogP contribution in [0.3, 0.4) is 0 Å². The van der Waals surface area contributed by atoms with Crippen molar-refractivity contribution >= 4 is 47.1 Å². The number of piperidine rings is 3. The van der Waals surface area contributed by atoms with E-state index in [1.165, 1.54) is 0 Å². The molecular formula is C48H54N10O7. The highest BCUT2D eigenvalue weighted by Gasteiger charge is 2.45. The molecule has 17 nitrogen and oxygen atoms in total. The molecule has 1 unspecified atom stereocenters. The monoisotopic (exact) mass is 882 g/mol. The zero-order valence-electron chi connectivity index (χ0n) is 36.3. The molecule has 0 radical (unpaired) electrons. The van der Waals surface area contributed by atoms with Gasteiger partial charge in [-0.15, -0.1) is 0 Å². The number of anilines is 2. The molecule has 1 aromatic heterocycles. The molecule has 65 heavy (non-hydrogen) atoms. The number of nitrogens with zero attached hydrogens (tertiary/aromatic N) is 7. The lowest BCUT2D eigenvalue weighted by atomic mass is 9.87. The van der Waals surface area contributed by atoms with Gasteiger partial charge in [0.25, 0.3) is 17.7 Å². The lowest BCUT2D eigenvalue weighted by Crippen LogP contribution is -2.54. The van der Waals surface area contributed by atoms with Gasteiger partial charge in [-0.3, -0.25) is 39.1 Å². The number of imide groups is 2. The number of hydrogen-bond donors (Lipinski definition) is 3. The third kappa shape index (κ3) is 8.28. The van der Waals surface area contributed by atoms with E-state index >= 15 is 0 Å². The number of nitrogens with one attached hydrogen (secondary N) is 2. The van der Waals surface area contributed by atoms with Crippen molar-refractivity contribution in [3.8, 4) is 22.8 Å². The Hall–Kier alpha value is -6.75. The van der Waals surface area contributed by atoms with Gasteiger partial charge in [-0.25, -0.2) is 9.48 Å². The molecular weight excluding hydrogens is 829 g/mol. The normalized spacial score (nSPS) is 22.1. The van der Waals surface area contributed by atoms with Gasteiger partial charge in [-0.05, 0) is 105 Å². The summed E-state index contributed by atoms with van der Waals surface area (Å²) < 4.78 is 7.95. The van der Waals surface area contributed by atoms with Gasteiger partial charge in [0, 0.05) is 83.1 Å². The number of aromatic nitrogens is 2. The lowest BCUT2D eigenvalue weighted by molar-refractivity contribution is -0.136. The molecule has 0 saturated carbocycles. The molecule has 17 heteroatoms. The summed E-state index contributed by atoms with van der Waals surface area (Å²) in [6.45, 7) is 7.79. The third-order valence-electron chi connectivity index (χ3n) is 14.2. The summed E-state index contributed by atoms with van der Waals surface area (Å²) in [5, 5.41) is 10.7. The molecule has 4 saturated heterocycles. The number of ether oxygens (including phenoxy) is 1. The first-order valence-electron chi connectivity index (χ1n) is 23.0. The number of piperazine rings is 1. The average molecular weight is 883 g/mol. The summed E-state index contributed by atoms with van der Waals surface area (Å²) in [7, 11) is 0. The van der Waals surface area contributed by atoms with Crippen LogP contribution in [0.4, 0.5) is 16.3 Å². The smallest absolute Gasteiger partial charge is 0.319 e. The lowest BCUT2D eigenvalue weighted by Gasteiger charge is -2.42. The number of rotatable bonds is 9. The van der Waals surface area contributed by atoms with Crippen LogP contribution >= 0.6 is 0 Å². The molecule has 338 valence electrons. The number of nitrogens with two attached hydrogens (primary N) is 1. The first kappa shape index (κ1) is 42.2. The van der Waals surface area contributed by atoms with Crippen molar-refractivity contribution in [2.24, 2.45) is 17.6 Å². The second-order valence-corrected chi connectivity index (χ2v) is 18.1. The number of fused-ring (bicyclic) bond motifs is 2. The van der Waals surface area contributed by atoms with Gasteiger partial charge in [0.1, 0.15) is 34.6 Å². The summed E-state index contributed by atoms with van der Waals surface area (Å²) >= 11 is 0. The van der Waals surface area contributed by atoms with E-state index < -0.39 is 35.6 Å². The van der Waals surface area contributed by atoms with E-state index in [4.69, 9.17) is 15.6 Å². The maximum atomic E-state index is 13.8. The zero-order valence-corrected chi connectivity index (χ0v) is 36.3. The van der Waals surface area contributed by atoms with Crippen molar-refractivity contribution in [2.45, 2.75) is 57.0 Å². The zero-order chi connectivity index (χ0) is 44.8. The highest BCUT2D eigenvalue weighted by atomic mass is 16.5. The van der Waals surface area contributed by atoms with Crippen LogP contribution in [0.25, 0.3) is 11.3 Å². The Morgan fingerprint density at radius 1 is 0.738 bits per heavy atom. The Bertz CT molecular complexity index is 2500. The molecule has 4 aromatic rings. The Labute approximate surface area is 376 Å². The number of primary amides is 1. The minimum Gasteiger partial charge on any atom is -0.457 e.